The van der Waals surface area contributed by atoms with E-state index in [2.05, 4.69) is 36.1 Å². The second kappa shape index (κ2) is 8.39. The van der Waals surface area contributed by atoms with Gasteiger partial charge in [0.2, 0.25) is 0 Å². The monoisotopic (exact) mass is 387 g/mol. The normalized spacial score (nSPS) is 14.8. The van der Waals surface area contributed by atoms with E-state index in [0.717, 1.165) is 40.9 Å². The van der Waals surface area contributed by atoms with Crippen molar-refractivity contribution >= 4 is 17.3 Å². The summed E-state index contributed by atoms with van der Waals surface area (Å²) >= 11 is 0. The molecule has 3 aromatic carbocycles. The molecule has 0 spiro atoms. The van der Waals surface area contributed by atoms with Gasteiger partial charge in [-0.1, -0.05) is 55.8 Å². The zero-order valence-corrected chi connectivity index (χ0v) is 16.5. The van der Waals surface area contributed by atoms with Gasteiger partial charge in [-0.15, -0.1) is 0 Å². The zero-order valence-electron chi connectivity index (χ0n) is 16.5. The van der Waals surface area contributed by atoms with Crippen molar-refractivity contribution in [2.24, 2.45) is 0 Å². The number of hydrogen-bond acceptors (Lipinski definition) is 4. The van der Waals surface area contributed by atoms with Crippen LogP contribution in [0.1, 0.15) is 37.8 Å². The second-order valence-corrected chi connectivity index (χ2v) is 7.28. The molecular formula is C25H25NO3. The van der Waals surface area contributed by atoms with Crippen molar-refractivity contribution in [3.8, 4) is 16.9 Å². The highest BCUT2D eigenvalue weighted by molar-refractivity contribution is 5.89. The molecule has 148 valence electrons. The highest BCUT2D eigenvalue weighted by Crippen LogP contribution is 2.49. The van der Waals surface area contributed by atoms with Crippen LogP contribution < -0.4 is 4.90 Å². The van der Waals surface area contributed by atoms with Crippen molar-refractivity contribution in [1.82, 2.24) is 0 Å². The van der Waals surface area contributed by atoms with Gasteiger partial charge in [0.1, 0.15) is 5.75 Å². The third-order valence-corrected chi connectivity index (χ3v) is 5.33. The van der Waals surface area contributed by atoms with Gasteiger partial charge in [-0.05, 0) is 47.9 Å². The van der Waals surface area contributed by atoms with E-state index >= 15 is 0 Å². The molecule has 0 amide bonds. The van der Waals surface area contributed by atoms with Crippen LogP contribution in [0.2, 0.25) is 0 Å². The number of rotatable bonds is 6. The molecular weight excluding hydrogens is 362 g/mol. The number of ether oxygens (including phenoxy) is 1. The molecule has 1 aliphatic rings. The van der Waals surface area contributed by atoms with E-state index in [0.29, 0.717) is 6.61 Å². The Labute approximate surface area is 171 Å². The van der Waals surface area contributed by atoms with Gasteiger partial charge in [-0.25, -0.2) is 0 Å². The summed E-state index contributed by atoms with van der Waals surface area (Å²) in [6, 6.07) is 23.4. The lowest BCUT2D eigenvalue weighted by Gasteiger charge is -2.40. The van der Waals surface area contributed by atoms with Gasteiger partial charge in [0.15, 0.2) is 0 Å². The quantitative estimate of drug-likeness (QED) is 0.417. The Bertz CT molecular complexity index is 997. The van der Waals surface area contributed by atoms with Gasteiger partial charge in [0.05, 0.1) is 19.1 Å². The molecule has 1 heterocycles. The van der Waals surface area contributed by atoms with Crippen LogP contribution in [-0.2, 0) is 9.53 Å². The summed E-state index contributed by atoms with van der Waals surface area (Å²) in [5.74, 6) is 0.0244. The molecule has 0 aromatic heterocycles. The number of nitrogens with zero attached hydrogens (tertiary/aromatic N) is 1. The number of carbonyl (C=O) groups is 1. The third kappa shape index (κ3) is 3.83. The van der Waals surface area contributed by atoms with Gasteiger partial charge in [-0.2, -0.15) is 0 Å². The third-order valence-electron chi connectivity index (χ3n) is 5.33. The fourth-order valence-electron chi connectivity index (χ4n) is 3.93. The molecule has 4 nitrogen and oxygen atoms in total. The summed E-state index contributed by atoms with van der Waals surface area (Å²) in [6.07, 6.45) is 2.12. The lowest BCUT2D eigenvalue weighted by Crippen LogP contribution is -2.30. The van der Waals surface area contributed by atoms with Crippen molar-refractivity contribution in [3.63, 3.8) is 0 Å². The van der Waals surface area contributed by atoms with Crippen LogP contribution in [0.3, 0.4) is 0 Å². The molecule has 1 atom stereocenters. The number of phenols is 1. The summed E-state index contributed by atoms with van der Waals surface area (Å²) < 4.78 is 5.49. The highest BCUT2D eigenvalue weighted by atomic mass is 16.5. The molecule has 4 heteroatoms. The van der Waals surface area contributed by atoms with Crippen LogP contribution in [0.5, 0.6) is 5.75 Å². The van der Waals surface area contributed by atoms with Crippen LogP contribution in [0, 0.1) is 0 Å². The van der Waals surface area contributed by atoms with Crippen LogP contribution >= 0.6 is 0 Å². The number of esters is 1. The van der Waals surface area contributed by atoms with Gasteiger partial charge in [-0.3, -0.25) is 4.79 Å². The Hall–Kier alpha value is -3.27. The minimum atomic E-state index is -0.193. The first-order valence-corrected chi connectivity index (χ1v) is 10.1. The maximum Gasteiger partial charge on any atom is 0.308 e. The zero-order chi connectivity index (χ0) is 20.2. The summed E-state index contributed by atoms with van der Waals surface area (Å²) in [4.78, 5) is 14.8. The number of aromatic hydroxyl groups is 1. The fourth-order valence-corrected chi connectivity index (χ4v) is 3.93. The number of benzene rings is 3. The number of hydrogen-bond donors (Lipinski definition) is 1. The molecule has 4 rings (SSSR count). The predicted molar refractivity (Wildman–Crippen MR) is 115 cm³/mol. The average Bonchev–Trinajstić information content (AvgIpc) is 2.75. The first-order valence-electron chi connectivity index (χ1n) is 10.1. The van der Waals surface area contributed by atoms with Crippen LogP contribution in [-0.4, -0.2) is 17.7 Å². The molecule has 0 bridgehead atoms. The second-order valence-electron chi connectivity index (χ2n) is 7.28. The minimum absolute atomic E-state index is 0.181. The number of para-hydroxylation sites is 1. The number of unbranched alkanes of at least 4 members (excludes halogenated alkanes) is 1. The van der Waals surface area contributed by atoms with Gasteiger partial charge >= 0.3 is 5.97 Å². The van der Waals surface area contributed by atoms with E-state index in [9.17, 15) is 9.90 Å². The van der Waals surface area contributed by atoms with Crippen molar-refractivity contribution in [3.05, 3.63) is 78.4 Å². The highest BCUT2D eigenvalue weighted by Gasteiger charge is 2.33. The molecule has 3 aromatic rings. The Kier molecular flexibility index (Phi) is 5.52. The van der Waals surface area contributed by atoms with Crippen molar-refractivity contribution in [2.75, 3.05) is 11.5 Å². The SMILES string of the molecule is CCCCOC(=O)CC1c2ccccc2-c2ccccc2N1c1ccc(O)cc1. The van der Waals surface area contributed by atoms with Crippen molar-refractivity contribution in [1.29, 1.82) is 0 Å². The number of carbonyl (C=O) groups excluding carboxylic acids is 1. The van der Waals surface area contributed by atoms with Crippen molar-refractivity contribution < 1.29 is 14.6 Å². The Morgan fingerprint density at radius 2 is 1.66 bits per heavy atom. The molecule has 29 heavy (non-hydrogen) atoms. The number of fused-ring (bicyclic) bond motifs is 3. The smallest absolute Gasteiger partial charge is 0.308 e. The Morgan fingerprint density at radius 3 is 2.41 bits per heavy atom. The summed E-state index contributed by atoms with van der Waals surface area (Å²) in [6.45, 7) is 2.54. The summed E-state index contributed by atoms with van der Waals surface area (Å²) in [5.41, 5.74) is 5.35. The molecule has 1 N–H and O–H groups in total. The topological polar surface area (TPSA) is 49.8 Å². The maximum atomic E-state index is 12.6. The van der Waals surface area contributed by atoms with Crippen LogP contribution in [0.25, 0.3) is 11.1 Å². The first-order chi connectivity index (χ1) is 14.2. The largest absolute Gasteiger partial charge is 0.508 e. The first kappa shape index (κ1) is 19.1. The van der Waals surface area contributed by atoms with E-state index in [-0.39, 0.29) is 24.2 Å². The van der Waals surface area contributed by atoms with Crippen LogP contribution in [0.15, 0.2) is 72.8 Å². The Morgan fingerprint density at radius 1 is 0.966 bits per heavy atom. The molecule has 1 aliphatic heterocycles. The summed E-state index contributed by atoms with van der Waals surface area (Å²) in [7, 11) is 0. The molecule has 0 fully saturated rings. The van der Waals surface area contributed by atoms with Gasteiger partial charge in [0.25, 0.3) is 0 Å². The van der Waals surface area contributed by atoms with E-state index < -0.39 is 0 Å². The number of phenolic OH excluding ortho intramolecular Hbond substituents is 1. The van der Waals surface area contributed by atoms with E-state index in [4.69, 9.17) is 4.74 Å². The number of anilines is 2. The standard InChI is InChI=1S/C25H25NO3/c1-2-3-16-29-25(28)17-24-22-10-5-4-8-20(22)21-9-6-7-11-23(21)26(24)18-12-14-19(27)15-13-18/h4-15,24,27H,2-3,16-17H2,1H3. The molecule has 0 saturated heterocycles. The fraction of sp³-hybridized carbons (Fsp3) is 0.240. The van der Waals surface area contributed by atoms with Gasteiger partial charge < -0.3 is 14.7 Å². The van der Waals surface area contributed by atoms with E-state index in [1.807, 2.05) is 36.4 Å². The average molecular weight is 387 g/mol. The lowest BCUT2D eigenvalue weighted by atomic mass is 9.86. The van der Waals surface area contributed by atoms with E-state index in [1.165, 1.54) is 0 Å². The molecule has 0 radical (unpaired) electrons. The summed E-state index contributed by atoms with van der Waals surface area (Å²) in [5, 5.41) is 9.75. The molecule has 1 unspecified atom stereocenters. The molecule has 0 aliphatic carbocycles. The maximum absolute atomic E-state index is 12.6. The predicted octanol–water partition coefficient (Wildman–Crippen LogP) is 5.99. The van der Waals surface area contributed by atoms with Crippen LogP contribution in [0.4, 0.5) is 11.4 Å². The minimum Gasteiger partial charge on any atom is -0.508 e. The van der Waals surface area contributed by atoms with Crippen molar-refractivity contribution in [2.45, 2.75) is 32.2 Å². The Balaban J connectivity index is 1.79. The van der Waals surface area contributed by atoms with Gasteiger partial charge in [0, 0.05) is 16.9 Å². The van der Waals surface area contributed by atoms with E-state index in [1.54, 1.807) is 12.1 Å². The molecule has 0 saturated carbocycles. The lowest BCUT2D eigenvalue weighted by molar-refractivity contribution is -0.144.